The summed E-state index contributed by atoms with van der Waals surface area (Å²) in [6, 6.07) is 15.5. The van der Waals surface area contributed by atoms with Crippen LogP contribution in [-0.2, 0) is 0 Å². The molecule has 0 saturated carbocycles. The van der Waals surface area contributed by atoms with Gasteiger partial charge in [0.05, 0.1) is 17.4 Å². The zero-order valence-corrected chi connectivity index (χ0v) is 11.7. The number of anilines is 2. The van der Waals surface area contributed by atoms with E-state index in [-0.39, 0.29) is 6.04 Å². The van der Waals surface area contributed by atoms with Gasteiger partial charge >= 0.3 is 0 Å². The molecule has 2 rings (SSSR count). The topological polar surface area (TPSA) is 73.3 Å². The van der Waals surface area contributed by atoms with Gasteiger partial charge in [0.25, 0.3) is 0 Å². The molecule has 0 radical (unpaired) electrons. The van der Waals surface area contributed by atoms with Crippen molar-refractivity contribution in [1.29, 1.82) is 0 Å². The Bertz CT molecular complexity index is 557. The van der Waals surface area contributed by atoms with Gasteiger partial charge < -0.3 is 21.5 Å². The van der Waals surface area contributed by atoms with E-state index in [9.17, 15) is 0 Å². The van der Waals surface area contributed by atoms with E-state index in [2.05, 4.69) is 5.32 Å². The molecule has 0 aliphatic heterocycles. The molecule has 0 unspecified atom stereocenters. The number of ether oxygens (including phenoxy) is 1. The van der Waals surface area contributed by atoms with E-state index >= 15 is 0 Å². The molecule has 5 N–H and O–H groups in total. The third-order valence-corrected chi connectivity index (χ3v) is 2.97. The van der Waals surface area contributed by atoms with Gasteiger partial charge in [0.1, 0.15) is 12.4 Å². The summed E-state index contributed by atoms with van der Waals surface area (Å²) in [4.78, 5) is 0. The van der Waals surface area contributed by atoms with Crippen LogP contribution in [0, 0.1) is 6.92 Å². The highest BCUT2D eigenvalue weighted by Gasteiger charge is 2.05. The molecule has 0 bridgehead atoms. The Morgan fingerprint density at radius 3 is 2.70 bits per heavy atom. The molecule has 0 amide bonds. The van der Waals surface area contributed by atoms with Crippen LogP contribution in [0.4, 0.5) is 11.4 Å². The Morgan fingerprint density at radius 2 is 1.95 bits per heavy atom. The van der Waals surface area contributed by atoms with Crippen LogP contribution in [0.2, 0.25) is 0 Å². The molecule has 4 heteroatoms. The Hall–Kier alpha value is -2.20. The molecule has 20 heavy (non-hydrogen) atoms. The number of hydrogen-bond donors (Lipinski definition) is 3. The lowest BCUT2D eigenvalue weighted by atomic mass is 10.2. The van der Waals surface area contributed by atoms with Crippen molar-refractivity contribution >= 4 is 11.4 Å². The fourth-order valence-corrected chi connectivity index (χ4v) is 1.87. The zero-order chi connectivity index (χ0) is 14.4. The van der Waals surface area contributed by atoms with Crippen molar-refractivity contribution in [2.24, 2.45) is 5.73 Å². The second-order valence-corrected chi connectivity index (χ2v) is 4.86. The maximum atomic E-state index is 6.03. The predicted octanol–water partition coefficient (Wildman–Crippen LogP) is 2.40. The summed E-state index contributed by atoms with van der Waals surface area (Å²) in [7, 11) is 0. The van der Waals surface area contributed by atoms with Gasteiger partial charge in [-0.15, -0.1) is 0 Å². The molecule has 0 aliphatic rings. The third-order valence-electron chi connectivity index (χ3n) is 2.97. The number of nitrogens with one attached hydrogen (secondary N) is 1. The van der Waals surface area contributed by atoms with Gasteiger partial charge in [0, 0.05) is 6.54 Å². The van der Waals surface area contributed by atoms with Crippen molar-refractivity contribution in [3.8, 4) is 5.75 Å². The number of benzene rings is 2. The molecule has 4 nitrogen and oxygen atoms in total. The molecule has 0 aliphatic carbocycles. The van der Waals surface area contributed by atoms with Crippen LogP contribution in [0.1, 0.15) is 5.56 Å². The fourth-order valence-electron chi connectivity index (χ4n) is 1.87. The summed E-state index contributed by atoms with van der Waals surface area (Å²) in [6.45, 7) is 3.11. The molecule has 0 saturated heterocycles. The average molecular weight is 271 g/mol. The molecule has 0 fully saturated rings. The maximum absolute atomic E-state index is 6.03. The second kappa shape index (κ2) is 6.82. The van der Waals surface area contributed by atoms with E-state index in [1.165, 1.54) is 5.56 Å². The molecule has 2 aromatic rings. The van der Waals surface area contributed by atoms with Gasteiger partial charge in [-0.1, -0.05) is 24.3 Å². The van der Waals surface area contributed by atoms with E-state index < -0.39 is 0 Å². The van der Waals surface area contributed by atoms with Gasteiger partial charge in [0.15, 0.2) is 0 Å². The van der Waals surface area contributed by atoms with E-state index in [4.69, 9.17) is 16.2 Å². The van der Waals surface area contributed by atoms with E-state index in [1.807, 2.05) is 55.5 Å². The highest BCUT2D eigenvalue weighted by molar-refractivity contribution is 5.65. The van der Waals surface area contributed by atoms with Crippen molar-refractivity contribution in [2.45, 2.75) is 13.0 Å². The van der Waals surface area contributed by atoms with Crippen molar-refractivity contribution in [3.05, 3.63) is 54.1 Å². The molecule has 0 spiro atoms. The van der Waals surface area contributed by atoms with Crippen LogP contribution in [0.25, 0.3) is 0 Å². The number of rotatable bonds is 6. The Balaban J connectivity index is 1.78. The minimum absolute atomic E-state index is 0.102. The first kappa shape index (κ1) is 14.2. The molecular weight excluding hydrogens is 250 g/mol. The lowest BCUT2D eigenvalue weighted by Crippen LogP contribution is -2.35. The van der Waals surface area contributed by atoms with Gasteiger partial charge in [0.2, 0.25) is 0 Å². The first-order chi connectivity index (χ1) is 9.65. The normalized spacial score (nSPS) is 11.9. The van der Waals surface area contributed by atoms with Crippen LogP contribution in [0.15, 0.2) is 48.5 Å². The van der Waals surface area contributed by atoms with Gasteiger partial charge in [-0.2, -0.15) is 0 Å². The van der Waals surface area contributed by atoms with Crippen molar-refractivity contribution in [3.63, 3.8) is 0 Å². The van der Waals surface area contributed by atoms with Gasteiger partial charge in [-0.25, -0.2) is 0 Å². The number of hydrogen-bond acceptors (Lipinski definition) is 4. The average Bonchev–Trinajstić information content (AvgIpc) is 2.44. The van der Waals surface area contributed by atoms with Crippen molar-refractivity contribution in [2.75, 3.05) is 24.2 Å². The van der Waals surface area contributed by atoms with Crippen LogP contribution < -0.4 is 21.5 Å². The fraction of sp³-hybridized carbons (Fsp3) is 0.250. The summed E-state index contributed by atoms with van der Waals surface area (Å²) in [5.74, 6) is 0.847. The number of para-hydroxylation sites is 2. The largest absolute Gasteiger partial charge is 0.492 e. The summed E-state index contributed by atoms with van der Waals surface area (Å²) in [6.07, 6.45) is 0. The first-order valence-electron chi connectivity index (χ1n) is 6.68. The van der Waals surface area contributed by atoms with Gasteiger partial charge in [-0.3, -0.25) is 0 Å². The minimum atomic E-state index is -0.102. The molecule has 2 aromatic carbocycles. The van der Waals surface area contributed by atoms with Crippen LogP contribution in [0.5, 0.6) is 5.75 Å². The Kier molecular flexibility index (Phi) is 4.85. The molecular formula is C16H21N3O. The molecule has 0 aromatic heterocycles. The lowest BCUT2D eigenvalue weighted by Gasteiger charge is -2.16. The monoisotopic (exact) mass is 271 g/mol. The van der Waals surface area contributed by atoms with Crippen LogP contribution in [0.3, 0.4) is 0 Å². The Morgan fingerprint density at radius 1 is 1.15 bits per heavy atom. The number of nitrogen functional groups attached to an aromatic ring is 1. The SMILES string of the molecule is Cc1cccc(OC[C@@H](N)CNc2ccccc2N)c1. The van der Waals surface area contributed by atoms with E-state index in [0.29, 0.717) is 13.2 Å². The van der Waals surface area contributed by atoms with Crippen molar-refractivity contribution in [1.82, 2.24) is 0 Å². The Labute approximate surface area is 119 Å². The summed E-state index contributed by atoms with van der Waals surface area (Å²) in [5, 5.41) is 3.23. The first-order valence-corrected chi connectivity index (χ1v) is 6.68. The van der Waals surface area contributed by atoms with Crippen LogP contribution >= 0.6 is 0 Å². The predicted molar refractivity (Wildman–Crippen MR) is 84.0 cm³/mol. The minimum Gasteiger partial charge on any atom is -0.492 e. The molecule has 0 heterocycles. The number of aryl methyl sites for hydroxylation is 1. The number of nitrogens with two attached hydrogens (primary N) is 2. The smallest absolute Gasteiger partial charge is 0.119 e. The third kappa shape index (κ3) is 4.17. The highest BCUT2D eigenvalue weighted by Crippen LogP contribution is 2.16. The lowest BCUT2D eigenvalue weighted by molar-refractivity contribution is 0.293. The van der Waals surface area contributed by atoms with E-state index in [1.54, 1.807) is 0 Å². The van der Waals surface area contributed by atoms with Gasteiger partial charge in [-0.05, 0) is 36.8 Å². The van der Waals surface area contributed by atoms with Crippen molar-refractivity contribution < 1.29 is 4.74 Å². The summed E-state index contributed by atoms with van der Waals surface area (Å²) in [5.41, 5.74) is 14.7. The zero-order valence-electron chi connectivity index (χ0n) is 11.7. The summed E-state index contributed by atoms with van der Waals surface area (Å²) >= 11 is 0. The van der Waals surface area contributed by atoms with E-state index in [0.717, 1.165) is 17.1 Å². The standard InChI is InChI=1S/C16H21N3O/c1-12-5-4-6-14(9-12)20-11-13(17)10-19-16-8-3-2-7-15(16)18/h2-9,13,19H,10-11,17-18H2,1H3/t13-/m0/s1. The second-order valence-electron chi connectivity index (χ2n) is 4.86. The molecule has 1 atom stereocenters. The highest BCUT2D eigenvalue weighted by atomic mass is 16.5. The maximum Gasteiger partial charge on any atom is 0.119 e. The molecule has 106 valence electrons. The summed E-state index contributed by atoms with van der Waals surface area (Å²) < 4.78 is 5.67. The quantitative estimate of drug-likeness (QED) is 0.705. The van der Waals surface area contributed by atoms with Crippen LogP contribution in [-0.4, -0.2) is 19.2 Å².